The second kappa shape index (κ2) is 3.65. The molecule has 1 aromatic heterocycles. The minimum absolute atomic E-state index is 0.886. The van der Waals surface area contributed by atoms with E-state index in [1.54, 1.807) is 29.5 Å². The molecule has 0 spiro atoms. The van der Waals surface area contributed by atoms with Gasteiger partial charge in [-0.15, -0.1) is 17.8 Å². The molecule has 3 heteroatoms. The largest absolute Gasteiger partial charge is 0.233 e. The van der Waals surface area contributed by atoms with Gasteiger partial charge in [-0.3, -0.25) is 0 Å². The molecule has 1 heterocycles. The van der Waals surface area contributed by atoms with Gasteiger partial charge in [0.15, 0.2) is 0 Å². The van der Waals surface area contributed by atoms with Gasteiger partial charge in [-0.1, -0.05) is 17.7 Å². The van der Waals surface area contributed by atoms with Gasteiger partial charge in [0, 0.05) is 5.38 Å². The molecule has 0 fully saturated rings. The van der Waals surface area contributed by atoms with Crippen LogP contribution in [0, 0.1) is 18.8 Å². The standard InChI is InChI=1S/C7H6NS2/c1-3-4-6-5-10-7(8-6)9-2/h1,4-5H,2H3. The number of nitrogens with zero attached hydrogens (tertiary/aromatic N) is 1. The molecule has 0 atom stereocenters. The molecular weight excluding hydrogens is 162 g/mol. The summed E-state index contributed by atoms with van der Waals surface area (Å²) < 4.78 is 1.06. The van der Waals surface area contributed by atoms with Gasteiger partial charge in [-0.2, -0.15) is 0 Å². The molecule has 0 aromatic carbocycles. The first-order chi connectivity index (χ1) is 4.86. The highest BCUT2D eigenvalue weighted by atomic mass is 32.2. The molecule has 0 bridgehead atoms. The van der Waals surface area contributed by atoms with E-state index < -0.39 is 0 Å². The summed E-state index contributed by atoms with van der Waals surface area (Å²) in [6, 6.07) is 0. The molecule has 10 heavy (non-hydrogen) atoms. The Morgan fingerprint density at radius 1 is 1.90 bits per heavy atom. The molecule has 0 saturated carbocycles. The van der Waals surface area contributed by atoms with Gasteiger partial charge in [0.05, 0.1) is 12.1 Å². The highest BCUT2D eigenvalue weighted by molar-refractivity contribution is 8.00. The van der Waals surface area contributed by atoms with Crippen molar-refractivity contribution in [1.82, 2.24) is 4.98 Å². The van der Waals surface area contributed by atoms with Crippen molar-refractivity contribution in [3.8, 4) is 12.3 Å². The summed E-state index contributed by atoms with van der Waals surface area (Å²) in [5.41, 5.74) is 0.886. The molecule has 0 unspecified atom stereocenters. The van der Waals surface area contributed by atoms with Crippen molar-refractivity contribution in [3.63, 3.8) is 0 Å². The molecule has 0 N–H and O–H groups in total. The normalized spacial score (nSPS) is 9.20. The van der Waals surface area contributed by atoms with Crippen molar-refractivity contribution in [2.45, 2.75) is 4.34 Å². The molecule has 0 aliphatic carbocycles. The Kier molecular flexibility index (Phi) is 2.79. The predicted octanol–water partition coefficient (Wildman–Crippen LogP) is 2.05. The van der Waals surface area contributed by atoms with E-state index in [1.807, 2.05) is 11.6 Å². The lowest BCUT2D eigenvalue weighted by Crippen LogP contribution is -1.75. The van der Waals surface area contributed by atoms with E-state index in [1.165, 1.54) is 0 Å². The first-order valence-electron chi connectivity index (χ1n) is 2.65. The van der Waals surface area contributed by atoms with Crippen LogP contribution in [-0.2, 0) is 0 Å². The molecule has 1 rings (SSSR count). The summed E-state index contributed by atoms with van der Waals surface area (Å²) in [5.74, 6) is 2.43. The van der Waals surface area contributed by atoms with Gasteiger partial charge < -0.3 is 0 Å². The quantitative estimate of drug-likeness (QED) is 0.495. The van der Waals surface area contributed by atoms with E-state index in [2.05, 4.69) is 10.9 Å². The summed E-state index contributed by atoms with van der Waals surface area (Å²) in [7, 11) is 0. The highest BCUT2D eigenvalue weighted by Crippen LogP contribution is 2.19. The zero-order valence-corrected chi connectivity index (χ0v) is 7.13. The van der Waals surface area contributed by atoms with Gasteiger partial charge in [-0.05, 0) is 6.26 Å². The topological polar surface area (TPSA) is 12.9 Å². The van der Waals surface area contributed by atoms with Gasteiger partial charge in [0.25, 0.3) is 0 Å². The first-order valence-corrected chi connectivity index (χ1v) is 4.76. The maximum absolute atomic E-state index is 5.06. The maximum Gasteiger partial charge on any atom is 0.149 e. The Balaban J connectivity index is 2.70. The van der Waals surface area contributed by atoms with Crippen molar-refractivity contribution >= 4 is 23.1 Å². The smallest absolute Gasteiger partial charge is 0.149 e. The average molecular weight is 168 g/mol. The lowest BCUT2D eigenvalue weighted by molar-refractivity contribution is 1.19. The minimum Gasteiger partial charge on any atom is -0.233 e. The van der Waals surface area contributed by atoms with E-state index in [9.17, 15) is 0 Å². The van der Waals surface area contributed by atoms with Crippen molar-refractivity contribution in [3.05, 3.63) is 17.5 Å². The molecule has 0 aliphatic heterocycles. The lowest BCUT2D eigenvalue weighted by Gasteiger charge is -1.82. The monoisotopic (exact) mass is 168 g/mol. The van der Waals surface area contributed by atoms with Gasteiger partial charge in [-0.25, -0.2) is 4.98 Å². The van der Waals surface area contributed by atoms with Crippen molar-refractivity contribution < 1.29 is 0 Å². The number of thioether (sulfide) groups is 1. The van der Waals surface area contributed by atoms with E-state index in [0.717, 1.165) is 10.0 Å². The summed E-state index contributed by atoms with van der Waals surface area (Å²) in [4.78, 5) is 4.20. The fourth-order valence-electron chi connectivity index (χ4n) is 0.514. The van der Waals surface area contributed by atoms with E-state index in [4.69, 9.17) is 6.42 Å². The minimum atomic E-state index is 0.886. The van der Waals surface area contributed by atoms with Gasteiger partial charge in [0.1, 0.15) is 4.34 Å². The van der Waals surface area contributed by atoms with Crippen LogP contribution in [0.2, 0.25) is 0 Å². The predicted molar refractivity (Wildman–Crippen MR) is 46.1 cm³/mol. The second-order valence-electron chi connectivity index (χ2n) is 1.55. The van der Waals surface area contributed by atoms with E-state index in [-0.39, 0.29) is 0 Å². The van der Waals surface area contributed by atoms with Crippen LogP contribution in [0.25, 0.3) is 0 Å². The molecule has 51 valence electrons. The van der Waals surface area contributed by atoms with Gasteiger partial charge >= 0.3 is 0 Å². The number of hydrogen-bond donors (Lipinski definition) is 0. The molecule has 1 aromatic rings. The van der Waals surface area contributed by atoms with E-state index >= 15 is 0 Å². The highest BCUT2D eigenvalue weighted by Gasteiger charge is 1.97. The zero-order chi connectivity index (χ0) is 7.40. The molecule has 0 amide bonds. The van der Waals surface area contributed by atoms with Crippen LogP contribution in [0.1, 0.15) is 5.69 Å². The molecular formula is C7H6NS2. The first kappa shape index (κ1) is 7.64. The lowest BCUT2D eigenvalue weighted by atomic mass is 10.4. The van der Waals surface area contributed by atoms with Crippen molar-refractivity contribution in [1.29, 1.82) is 0 Å². The van der Waals surface area contributed by atoms with Crippen molar-refractivity contribution in [2.24, 2.45) is 0 Å². The van der Waals surface area contributed by atoms with Gasteiger partial charge in [0.2, 0.25) is 0 Å². The Labute approximate surface area is 68.9 Å². The fourth-order valence-corrected chi connectivity index (χ4v) is 1.74. The summed E-state index contributed by atoms with van der Waals surface area (Å²) in [6.45, 7) is 0. The van der Waals surface area contributed by atoms with Crippen LogP contribution in [0.4, 0.5) is 0 Å². The summed E-state index contributed by atoms with van der Waals surface area (Å²) in [6.07, 6.45) is 8.72. The van der Waals surface area contributed by atoms with Crippen LogP contribution in [0.15, 0.2) is 9.72 Å². The average Bonchev–Trinajstić information content (AvgIpc) is 2.37. The summed E-state index contributed by atoms with van der Waals surface area (Å²) in [5, 5.41) is 1.95. The third kappa shape index (κ3) is 1.76. The molecule has 1 radical (unpaired) electrons. The number of aromatic nitrogens is 1. The Hall–Kier alpha value is -0.460. The summed E-state index contributed by atoms with van der Waals surface area (Å²) >= 11 is 3.25. The zero-order valence-electron chi connectivity index (χ0n) is 5.50. The van der Waals surface area contributed by atoms with Crippen LogP contribution < -0.4 is 0 Å². The SMILES string of the molecule is C#C[CH]c1csc(SC)n1. The molecule has 1 nitrogen and oxygen atoms in total. The third-order valence-corrected chi connectivity index (χ3v) is 2.79. The van der Waals surface area contributed by atoms with E-state index in [0.29, 0.717) is 0 Å². The van der Waals surface area contributed by atoms with Crippen LogP contribution in [-0.4, -0.2) is 11.2 Å². The number of thiazole rings is 1. The number of hydrogen-bond acceptors (Lipinski definition) is 3. The van der Waals surface area contributed by atoms with Crippen LogP contribution in [0.5, 0.6) is 0 Å². The fraction of sp³-hybridized carbons (Fsp3) is 0.143. The number of rotatable bonds is 2. The van der Waals surface area contributed by atoms with Crippen LogP contribution >= 0.6 is 23.1 Å². The third-order valence-electron chi connectivity index (χ3n) is 0.907. The Morgan fingerprint density at radius 3 is 3.20 bits per heavy atom. The maximum atomic E-state index is 5.06. The number of terminal acetylenes is 1. The van der Waals surface area contributed by atoms with Crippen LogP contribution in [0.3, 0.4) is 0 Å². The second-order valence-corrected chi connectivity index (χ2v) is 3.46. The van der Waals surface area contributed by atoms with Crippen molar-refractivity contribution in [2.75, 3.05) is 6.26 Å². The Bertz CT molecular complexity index is 246. The molecule has 0 saturated heterocycles. The Morgan fingerprint density at radius 2 is 2.70 bits per heavy atom. The molecule has 0 aliphatic rings.